The van der Waals surface area contributed by atoms with Gasteiger partial charge in [0.05, 0.1) is 0 Å². The molecule has 1 fully saturated rings. The van der Waals surface area contributed by atoms with E-state index in [1.165, 1.54) is 0 Å². The Hall–Kier alpha value is -1.33. The van der Waals surface area contributed by atoms with Gasteiger partial charge in [-0.3, -0.25) is 4.79 Å². The summed E-state index contributed by atoms with van der Waals surface area (Å²) in [4.78, 5) is 14.1. The molecule has 106 valence electrons. The number of hydrogen-bond donors (Lipinski definition) is 1. The molecule has 0 bridgehead atoms. The van der Waals surface area contributed by atoms with Crippen LogP contribution in [0.15, 0.2) is 16.5 Å². The summed E-state index contributed by atoms with van der Waals surface area (Å²) >= 11 is 0. The Bertz CT molecular complexity index is 420. The molecule has 1 aliphatic rings. The molecule has 5 nitrogen and oxygen atoms in total. The van der Waals surface area contributed by atoms with Gasteiger partial charge in [0.2, 0.25) is 0 Å². The quantitative estimate of drug-likeness (QED) is 0.899. The number of amides is 1. The van der Waals surface area contributed by atoms with Gasteiger partial charge in [-0.1, -0.05) is 0 Å². The first-order valence-corrected chi connectivity index (χ1v) is 6.74. The maximum atomic E-state index is 12.3. The molecule has 0 radical (unpaired) electrons. The molecule has 2 heterocycles. The summed E-state index contributed by atoms with van der Waals surface area (Å²) in [6.07, 6.45) is 1.93. The molecular weight excluding hydrogens is 244 g/mol. The summed E-state index contributed by atoms with van der Waals surface area (Å²) < 4.78 is 10.4. The van der Waals surface area contributed by atoms with Gasteiger partial charge in [0, 0.05) is 26.2 Å². The van der Waals surface area contributed by atoms with E-state index in [0.29, 0.717) is 24.0 Å². The third-order valence-electron chi connectivity index (χ3n) is 3.73. The highest BCUT2D eigenvalue weighted by Gasteiger charge is 2.26. The van der Waals surface area contributed by atoms with Crippen molar-refractivity contribution < 1.29 is 13.9 Å². The Morgan fingerprint density at radius 1 is 1.53 bits per heavy atom. The molecule has 0 saturated carbocycles. The van der Waals surface area contributed by atoms with Crippen molar-refractivity contribution >= 4 is 5.91 Å². The summed E-state index contributed by atoms with van der Waals surface area (Å²) in [5.74, 6) is 1.55. The van der Waals surface area contributed by atoms with E-state index in [1.807, 2.05) is 11.8 Å². The van der Waals surface area contributed by atoms with Crippen LogP contribution in [-0.4, -0.2) is 37.0 Å². The summed E-state index contributed by atoms with van der Waals surface area (Å²) in [5, 5.41) is 0. The topological polar surface area (TPSA) is 68.7 Å². The SMILES string of the molecule is COCc1ccc(C(=O)N2CCC(C(C)N)CC2)o1. The molecule has 1 amide bonds. The number of carbonyl (C=O) groups is 1. The molecule has 1 saturated heterocycles. The fourth-order valence-corrected chi connectivity index (χ4v) is 2.50. The van der Waals surface area contributed by atoms with E-state index in [9.17, 15) is 4.79 Å². The number of ether oxygens (including phenoxy) is 1. The second kappa shape index (κ2) is 6.21. The fraction of sp³-hybridized carbons (Fsp3) is 0.643. The van der Waals surface area contributed by atoms with Gasteiger partial charge >= 0.3 is 0 Å². The zero-order valence-corrected chi connectivity index (χ0v) is 11.6. The second-order valence-corrected chi connectivity index (χ2v) is 5.19. The average molecular weight is 266 g/mol. The van der Waals surface area contributed by atoms with Crippen LogP contribution in [0.1, 0.15) is 36.1 Å². The number of nitrogens with zero attached hydrogens (tertiary/aromatic N) is 1. The Labute approximate surface area is 113 Å². The normalized spacial score (nSPS) is 18.6. The van der Waals surface area contributed by atoms with Gasteiger partial charge < -0.3 is 19.8 Å². The van der Waals surface area contributed by atoms with Gasteiger partial charge in [0.1, 0.15) is 12.4 Å². The van der Waals surface area contributed by atoms with Crippen molar-refractivity contribution in [3.63, 3.8) is 0 Å². The molecular formula is C14H22N2O3. The van der Waals surface area contributed by atoms with Crippen molar-refractivity contribution in [2.45, 2.75) is 32.4 Å². The highest BCUT2D eigenvalue weighted by Crippen LogP contribution is 2.21. The number of carbonyl (C=O) groups excluding carboxylic acids is 1. The van der Waals surface area contributed by atoms with Crippen molar-refractivity contribution in [2.75, 3.05) is 20.2 Å². The number of hydrogen-bond acceptors (Lipinski definition) is 4. The van der Waals surface area contributed by atoms with E-state index in [2.05, 4.69) is 0 Å². The lowest BCUT2D eigenvalue weighted by atomic mass is 9.91. The summed E-state index contributed by atoms with van der Waals surface area (Å²) in [7, 11) is 1.60. The van der Waals surface area contributed by atoms with Gasteiger partial charge in [-0.15, -0.1) is 0 Å². The second-order valence-electron chi connectivity index (χ2n) is 5.19. The van der Waals surface area contributed by atoms with E-state index >= 15 is 0 Å². The molecule has 5 heteroatoms. The first kappa shape index (κ1) is 14.1. The third-order valence-corrected chi connectivity index (χ3v) is 3.73. The van der Waals surface area contributed by atoms with Gasteiger partial charge in [-0.2, -0.15) is 0 Å². The van der Waals surface area contributed by atoms with Crippen molar-refractivity contribution in [1.29, 1.82) is 0 Å². The van der Waals surface area contributed by atoms with E-state index in [1.54, 1.807) is 19.2 Å². The molecule has 1 aromatic heterocycles. The molecule has 2 rings (SSSR count). The van der Waals surface area contributed by atoms with Crippen LogP contribution in [0.25, 0.3) is 0 Å². The molecule has 1 atom stereocenters. The van der Waals surface area contributed by atoms with Gasteiger partial charge in [0.15, 0.2) is 5.76 Å². The maximum absolute atomic E-state index is 12.3. The van der Waals surface area contributed by atoms with Crippen LogP contribution < -0.4 is 5.73 Å². The van der Waals surface area contributed by atoms with Crippen LogP contribution >= 0.6 is 0 Å². The molecule has 2 N–H and O–H groups in total. The molecule has 1 unspecified atom stereocenters. The predicted octanol–water partition coefficient (Wildman–Crippen LogP) is 1.63. The zero-order chi connectivity index (χ0) is 13.8. The number of likely N-dealkylation sites (tertiary alicyclic amines) is 1. The van der Waals surface area contributed by atoms with Gasteiger partial charge in [0.25, 0.3) is 5.91 Å². The van der Waals surface area contributed by atoms with Gasteiger partial charge in [-0.25, -0.2) is 0 Å². The monoisotopic (exact) mass is 266 g/mol. The number of piperidine rings is 1. The van der Waals surface area contributed by atoms with E-state index in [-0.39, 0.29) is 11.9 Å². The van der Waals surface area contributed by atoms with Crippen molar-refractivity contribution in [3.05, 3.63) is 23.7 Å². The maximum Gasteiger partial charge on any atom is 0.289 e. The Morgan fingerprint density at radius 2 is 2.21 bits per heavy atom. The highest BCUT2D eigenvalue weighted by molar-refractivity contribution is 5.91. The summed E-state index contributed by atoms with van der Waals surface area (Å²) in [6, 6.07) is 3.70. The molecule has 0 aromatic carbocycles. The number of nitrogens with two attached hydrogens (primary N) is 1. The fourth-order valence-electron chi connectivity index (χ4n) is 2.50. The minimum Gasteiger partial charge on any atom is -0.453 e. The highest BCUT2D eigenvalue weighted by atomic mass is 16.5. The summed E-state index contributed by atoms with van der Waals surface area (Å²) in [5.41, 5.74) is 5.90. The van der Waals surface area contributed by atoms with Gasteiger partial charge in [-0.05, 0) is 37.8 Å². The smallest absolute Gasteiger partial charge is 0.289 e. The largest absolute Gasteiger partial charge is 0.453 e. The van der Waals surface area contributed by atoms with E-state index in [4.69, 9.17) is 14.9 Å². The Morgan fingerprint density at radius 3 is 2.79 bits per heavy atom. The Kier molecular flexibility index (Phi) is 4.61. The zero-order valence-electron chi connectivity index (χ0n) is 11.6. The first-order valence-electron chi connectivity index (χ1n) is 6.74. The van der Waals surface area contributed by atoms with Crippen molar-refractivity contribution in [3.8, 4) is 0 Å². The van der Waals surface area contributed by atoms with E-state index in [0.717, 1.165) is 25.9 Å². The predicted molar refractivity (Wildman–Crippen MR) is 71.7 cm³/mol. The molecule has 0 spiro atoms. The number of rotatable bonds is 4. The van der Waals surface area contributed by atoms with Crippen molar-refractivity contribution in [1.82, 2.24) is 4.90 Å². The number of furan rings is 1. The molecule has 1 aliphatic heterocycles. The standard InChI is InChI=1S/C14H22N2O3/c1-10(15)11-5-7-16(8-6-11)14(17)13-4-3-12(19-13)9-18-2/h3-4,10-11H,5-9,15H2,1-2H3. The lowest BCUT2D eigenvalue weighted by molar-refractivity contribution is 0.0642. The lowest BCUT2D eigenvalue weighted by Gasteiger charge is -2.33. The summed E-state index contributed by atoms with van der Waals surface area (Å²) in [6.45, 7) is 3.93. The average Bonchev–Trinajstić information content (AvgIpc) is 2.87. The lowest BCUT2D eigenvalue weighted by Crippen LogP contribution is -2.42. The van der Waals surface area contributed by atoms with Crippen LogP contribution in [0.5, 0.6) is 0 Å². The number of methoxy groups -OCH3 is 1. The molecule has 19 heavy (non-hydrogen) atoms. The minimum atomic E-state index is -0.0366. The van der Waals surface area contributed by atoms with Crippen LogP contribution in [0.4, 0.5) is 0 Å². The molecule has 0 aliphatic carbocycles. The Balaban J connectivity index is 1.93. The van der Waals surface area contributed by atoms with Crippen LogP contribution in [0, 0.1) is 5.92 Å². The van der Waals surface area contributed by atoms with Crippen LogP contribution in [-0.2, 0) is 11.3 Å². The first-order chi connectivity index (χ1) is 9.11. The van der Waals surface area contributed by atoms with Crippen molar-refractivity contribution in [2.24, 2.45) is 11.7 Å². The molecule has 1 aromatic rings. The minimum absolute atomic E-state index is 0.0366. The van der Waals surface area contributed by atoms with Crippen LogP contribution in [0.2, 0.25) is 0 Å². The third kappa shape index (κ3) is 3.36. The van der Waals surface area contributed by atoms with Crippen LogP contribution in [0.3, 0.4) is 0 Å². The van der Waals surface area contributed by atoms with E-state index < -0.39 is 0 Å².